The molecule has 0 heterocycles. The molecule has 0 fully saturated rings. The fourth-order valence-electron chi connectivity index (χ4n) is 0.832. The van der Waals surface area contributed by atoms with Crippen LogP contribution in [0, 0.1) is 18.4 Å². The molecule has 1 amide bonds. The second kappa shape index (κ2) is 3.54. The number of hydrogen-bond donors (Lipinski definition) is 1. The molecule has 0 aliphatic carbocycles. The lowest BCUT2D eigenvalue weighted by atomic mass is 10.1. The van der Waals surface area contributed by atoms with Crippen molar-refractivity contribution in [2.75, 3.05) is 0 Å². The van der Waals surface area contributed by atoms with E-state index in [1.54, 1.807) is 18.2 Å². The van der Waals surface area contributed by atoms with E-state index in [1.165, 1.54) is 6.07 Å². The van der Waals surface area contributed by atoms with Gasteiger partial charge in [0.15, 0.2) is 0 Å². The van der Waals surface area contributed by atoms with Gasteiger partial charge >= 0.3 is 0 Å². The molecule has 0 aliphatic heterocycles. The summed E-state index contributed by atoms with van der Waals surface area (Å²) in [5, 5.41) is 10.8. The zero-order chi connectivity index (χ0) is 8.97. The molecule has 0 unspecified atom stereocenters. The van der Waals surface area contributed by atoms with Gasteiger partial charge in [0.05, 0.1) is 11.6 Å². The van der Waals surface area contributed by atoms with Crippen molar-refractivity contribution < 1.29 is 4.79 Å². The molecule has 1 radical (unpaired) electrons. The molecule has 0 spiro atoms. The summed E-state index contributed by atoms with van der Waals surface area (Å²) in [4.78, 5) is 11.0. The number of amides is 1. The SMILES string of the molecule is [CH2]NC(=O)c1cccc(C#N)c1. The summed E-state index contributed by atoms with van der Waals surface area (Å²) in [5.74, 6) is -0.285. The van der Waals surface area contributed by atoms with Gasteiger partial charge in [0.25, 0.3) is 5.91 Å². The van der Waals surface area contributed by atoms with Crippen LogP contribution in [0.25, 0.3) is 0 Å². The minimum absolute atomic E-state index is 0.285. The van der Waals surface area contributed by atoms with Crippen molar-refractivity contribution in [3.05, 3.63) is 42.4 Å². The summed E-state index contributed by atoms with van der Waals surface area (Å²) in [6.07, 6.45) is 0. The Morgan fingerprint density at radius 2 is 2.33 bits per heavy atom. The number of hydrogen-bond acceptors (Lipinski definition) is 2. The van der Waals surface area contributed by atoms with E-state index in [0.717, 1.165) is 0 Å². The second-order valence-electron chi connectivity index (χ2n) is 2.20. The average molecular weight is 159 g/mol. The van der Waals surface area contributed by atoms with E-state index >= 15 is 0 Å². The first-order chi connectivity index (χ1) is 5.77. The molecule has 1 aromatic carbocycles. The van der Waals surface area contributed by atoms with Crippen LogP contribution in [0.4, 0.5) is 0 Å². The van der Waals surface area contributed by atoms with E-state index < -0.39 is 0 Å². The van der Waals surface area contributed by atoms with Crippen molar-refractivity contribution in [2.45, 2.75) is 0 Å². The number of nitriles is 1. The van der Waals surface area contributed by atoms with Crippen LogP contribution in [-0.2, 0) is 0 Å². The van der Waals surface area contributed by atoms with Crippen LogP contribution < -0.4 is 5.32 Å². The van der Waals surface area contributed by atoms with Crippen LogP contribution in [0.3, 0.4) is 0 Å². The molecule has 0 bridgehead atoms. The van der Waals surface area contributed by atoms with Crippen molar-refractivity contribution in [3.8, 4) is 6.07 Å². The topological polar surface area (TPSA) is 52.9 Å². The number of carbonyl (C=O) groups is 1. The van der Waals surface area contributed by atoms with Crippen molar-refractivity contribution in [1.29, 1.82) is 5.26 Å². The Bertz CT molecular complexity index is 339. The summed E-state index contributed by atoms with van der Waals surface area (Å²) < 4.78 is 0. The molecule has 0 atom stereocenters. The van der Waals surface area contributed by atoms with Gasteiger partial charge in [-0.3, -0.25) is 4.79 Å². The van der Waals surface area contributed by atoms with Crippen LogP contribution in [0.15, 0.2) is 24.3 Å². The predicted octanol–water partition coefficient (Wildman–Crippen LogP) is 1.08. The van der Waals surface area contributed by atoms with Gasteiger partial charge in [-0.15, -0.1) is 0 Å². The Morgan fingerprint density at radius 3 is 2.92 bits per heavy atom. The Kier molecular flexibility index (Phi) is 2.44. The van der Waals surface area contributed by atoms with E-state index in [9.17, 15) is 4.79 Å². The molecule has 0 aliphatic rings. The van der Waals surface area contributed by atoms with Crippen LogP contribution >= 0.6 is 0 Å². The predicted molar refractivity (Wildman–Crippen MR) is 44.0 cm³/mol. The third-order valence-corrected chi connectivity index (χ3v) is 1.41. The molecular weight excluding hydrogens is 152 g/mol. The van der Waals surface area contributed by atoms with E-state index in [1.807, 2.05) is 6.07 Å². The third-order valence-electron chi connectivity index (χ3n) is 1.41. The maximum absolute atomic E-state index is 11.0. The number of benzene rings is 1. The van der Waals surface area contributed by atoms with Gasteiger partial charge < -0.3 is 5.32 Å². The third kappa shape index (κ3) is 1.61. The fraction of sp³-hybridized carbons (Fsp3) is 0. The van der Waals surface area contributed by atoms with E-state index in [2.05, 4.69) is 12.4 Å². The van der Waals surface area contributed by atoms with Crippen LogP contribution in [0.1, 0.15) is 15.9 Å². The quantitative estimate of drug-likeness (QED) is 0.666. The second-order valence-corrected chi connectivity index (χ2v) is 2.20. The van der Waals surface area contributed by atoms with Crippen LogP contribution in [-0.4, -0.2) is 5.91 Å². The zero-order valence-corrected chi connectivity index (χ0v) is 6.37. The molecule has 59 valence electrons. The van der Waals surface area contributed by atoms with Gasteiger partial charge in [-0.25, -0.2) is 0 Å². The number of nitrogens with one attached hydrogen (secondary N) is 1. The number of rotatable bonds is 1. The first kappa shape index (κ1) is 8.28. The summed E-state index contributed by atoms with van der Waals surface area (Å²) in [5.41, 5.74) is 0.917. The smallest absolute Gasteiger partial charge is 0.251 e. The molecule has 3 heteroatoms. The average Bonchev–Trinajstić information content (AvgIpc) is 2.17. The fourth-order valence-corrected chi connectivity index (χ4v) is 0.832. The Labute approximate surface area is 70.6 Å². The lowest BCUT2D eigenvalue weighted by Crippen LogP contribution is -2.15. The highest BCUT2D eigenvalue weighted by atomic mass is 16.1. The highest BCUT2D eigenvalue weighted by Crippen LogP contribution is 2.03. The van der Waals surface area contributed by atoms with Gasteiger partial charge in [0, 0.05) is 12.6 Å². The lowest BCUT2D eigenvalue weighted by Gasteiger charge is -1.97. The van der Waals surface area contributed by atoms with E-state index in [-0.39, 0.29) is 5.91 Å². The molecule has 0 aromatic heterocycles. The highest BCUT2D eigenvalue weighted by molar-refractivity contribution is 5.94. The van der Waals surface area contributed by atoms with Gasteiger partial charge in [-0.05, 0) is 18.2 Å². The summed E-state index contributed by atoms with van der Waals surface area (Å²) in [6.45, 7) is 0. The van der Waals surface area contributed by atoms with E-state index in [0.29, 0.717) is 11.1 Å². The minimum Gasteiger partial charge on any atom is -0.350 e. The number of nitrogens with zero attached hydrogens (tertiary/aromatic N) is 1. The van der Waals surface area contributed by atoms with Crippen molar-refractivity contribution in [2.24, 2.45) is 0 Å². The molecule has 1 N–H and O–H groups in total. The summed E-state index contributed by atoms with van der Waals surface area (Å²) in [7, 11) is 3.24. The largest absolute Gasteiger partial charge is 0.350 e. The molecule has 0 saturated heterocycles. The summed E-state index contributed by atoms with van der Waals surface area (Å²) >= 11 is 0. The van der Waals surface area contributed by atoms with Gasteiger partial charge in [0.2, 0.25) is 0 Å². The summed E-state index contributed by atoms with van der Waals surface area (Å²) in [6, 6.07) is 8.38. The Hall–Kier alpha value is -1.82. The van der Waals surface area contributed by atoms with Crippen molar-refractivity contribution >= 4 is 5.91 Å². The minimum atomic E-state index is -0.285. The molecule has 0 saturated carbocycles. The van der Waals surface area contributed by atoms with Crippen molar-refractivity contribution in [1.82, 2.24) is 5.32 Å². The lowest BCUT2D eigenvalue weighted by molar-refractivity contribution is 0.0969. The maximum Gasteiger partial charge on any atom is 0.251 e. The monoisotopic (exact) mass is 159 g/mol. The molecule has 1 rings (SSSR count). The Morgan fingerprint density at radius 1 is 1.58 bits per heavy atom. The van der Waals surface area contributed by atoms with Crippen LogP contribution in [0.5, 0.6) is 0 Å². The standard InChI is InChI=1S/C9H7N2O/c1-11-9(12)8-4-2-3-7(5-8)6-10/h2-5H,1H2,(H,11,12). The Balaban J connectivity index is 3.04. The number of carbonyl (C=O) groups excluding carboxylic acids is 1. The molecular formula is C9H7N2O. The van der Waals surface area contributed by atoms with Gasteiger partial charge in [0.1, 0.15) is 0 Å². The highest BCUT2D eigenvalue weighted by Gasteiger charge is 2.02. The first-order valence-corrected chi connectivity index (χ1v) is 3.35. The maximum atomic E-state index is 11.0. The van der Waals surface area contributed by atoms with E-state index in [4.69, 9.17) is 5.26 Å². The molecule has 3 nitrogen and oxygen atoms in total. The van der Waals surface area contributed by atoms with Crippen LogP contribution in [0.2, 0.25) is 0 Å². The zero-order valence-electron chi connectivity index (χ0n) is 6.37. The normalized spacial score (nSPS) is 8.67. The molecule has 12 heavy (non-hydrogen) atoms. The van der Waals surface area contributed by atoms with Crippen molar-refractivity contribution in [3.63, 3.8) is 0 Å². The van der Waals surface area contributed by atoms with Gasteiger partial charge in [-0.2, -0.15) is 5.26 Å². The molecule has 1 aromatic rings. The first-order valence-electron chi connectivity index (χ1n) is 3.35. The van der Waals surface area contributed by atoms with Gasteiger partial charge in [-0.1, -0.05) is 6.07 Å².